The molecule has 3 aromatic rings. The van der Waals surface area contributed by atoms with Gasteiger partial charge >= 0.3 is 12.1 Å². The molecule has 180 valence electrons. The van der Waals surface area contributed by atoms with Crippen molar-refractivity contribution in [3.8, 4) is 16.9 Å². The lowest BCUT2D eigenvalue weighted by atomic mass is 9.98. The van der Waals surface area contributed by atoms with Crippen LogP contribution in [0.15, 0.2) is 66.7 Å². The minimum absolute atomic E-state index is 0.0718. The molecule has 0 aliphatic heterocycles. The molecule has 0 saturated heterocycles. The Balaban J connectivity index is 1.35. The Bertz CT molecular complexity index is 1250. The number of ether oxygens (including phenoxy) is 1. The van der Waals surface area contributed by atoms with E-state index in [2.05, 4.69) is 22.8 Å². The second-order valence-corrected chi connectivity index (χ2v) is 9.10. The molecule has 1 aliphatic rings. The fraction of sp³-hybridized carbons (Fsp3) is 0.222. The Kier molecular flexibility index (Phi) is 6.46. The topological polar surface area (TPSA) is 125 Å². The number of amides is 2. The zero-order valence-corrected chi connectivity index (χ0v) is 19.4. The smallest absolute Gasteiger partial charge is 0.407 e. The summed E-state index contributed by atoms with van der Waals surface area (Å²) in [6, 6.07) is 19.8. The highest BCUT2D eigenvalue weighted by Crippen LogP contribution is 2.44. The van der Waals surface area contributed by atoms with Gasteiger partial charge in [0, 0.05) is 23.6 Å². The first-order valence-corrected chi connectivity index (χ1v) is 11.1. The Morgan fingerprint density at radius 1 is 0.943 bits per heavy atom. The Morgan fingerprint density at radius 2 is 1.54 bits per heavy atom. The summed E-state index contributed by atoms with van der Waals surface area (Å²) in [5, 5.41) is 24.0. The molecule has 0 aromatic heterocycles. The van der Waals surface area contributed by atoms with Crippen molar-refractivity contribution in [1.29, 1.82) is 0 Å². The molecule has 4 N–H and O–H groups in total. The van der Waals surface area contributed by atoms with Gasteiger partial charge in [0.2, 0.25) is 5.91 Å². The summed E-state index contributed by atoms with van der Waals surface area (Å²) in [5.74, 6) is -2.21. The number of hydrogen-bond acceptors (Lipinski definition) is 5. The number of hydrogen-bond donors (Lipinski definition) is 4. The largest absolute Gasteiger partial charge is 0.507 e. The van der Waals surface area contributed by atoms with Crippen LogP contribution in [0.2, 0.25) is 0 Å². The fourth-order valence-corrected chi connectivity index (χ4v) is 4.35. The number of carboxylic acids is 1. The SMILES string of the molecule is CC(C)(CC(=O)Nc1ccc(O)c(C(=O)O)c1)NC(=O)OCC1c2ccccc2-c2ccccc21. The third kappa shape index (κ3) is 5.27. The maximum absolute atomic E-state index is 12.6. The predicted molar refractivity (Wildman–Crippen MR) is 131 cm³/mol. The van der Waals surface area contributed by atoms with E-state index < -0.39 is 29.3 Å². The molecule has 0 spiro atoms. The molecule has 35 heavy (non-hydrogen) atoms. The Labute approximate surface area is 202 Å². The molecule has 3 aromatic carbocycles. The molecular formula is C27H26N2O6. The molecule has 2 amide bonds. The average Bonchev–Trinajstić information content (AvgIpc) is 3.12. The van der Waals surface area contributed by atoms with Crippen molar-refractivity contribution >= 4 is 23.7 Å². The second kappa shape index (κ2) is 9.50. The number of carbonyl (C=O) groups is 3. The Morgan fingerprint density at radius 3 is 2.14 bits per heavy atom. The van der Waals surface area contributed by atoms with Gasteiger partial charge in [0.25, 0.3) is 0 Å². The number of benzene rings is 3. The molecule has 0 bridgehead atoms. The van der Waals surface area contributed by atoms with Gasteiger partial charge in [-0.25, -0.2) is 9.59 Å². The van der Waals surface area contributed by atoms with E-state index in [-0.39, 0.29) is 30.2 Å². The lowest BCUT2D eigenvalue weighted by molar-refractivity contribution is -0.117. The van der Waals surface area contributed by atoms with Crippen molar-refractivity contribution < 1.29 is 29.3 Å². The summed E-state index contributed by atoms with van der Waals surface area (Å²) < 4.78 is 5.56. The number of nitrogens with one attached hydrogen (secondary N) is 2. The van der Waals surface area contributed by atoms with E-state index in [0.717, 1.165) is 22.3 Å². The molecule has 8 heteroatoms. The molecule has 8 nitrogen and oxygen atoms in total. The normalized spacial score (nSPS) is 12.4. The maximum Gasteiger partial charge on any atom is 0.407 e. The van der Waals surface area contributed by atoms with Crippen LogP contribution in [0.3, 0.4) is 0 Å². The third-order valence-corrected chi connectivity index (χ3v) is 5.90. The predicted octanol–water partition coefficient (Wildman–Crippen LogP) is 4.74. The molecule has 1 aliphatic carbocycles. The first-order chi connectivity index (χ1) is 16.6. The molecule has 4 rings (SSSR count). The number of anilines is 1. The number of carboxylic acid groups (broad SMARTS) is 1. The van der Waals surface area contributed by atoms with Crippen LogP contribution in [0, 0.1) is 0 Å². The third-order valence-electron chi connectivity index (χ3n) is 5.90. The number of aromatic hydroxyl groups is 1. The monoisotopic (exact) mass is 474 g/mol. The van der Waals surface area contributed by atoms with Gasteiger partial charge in [0.05, 0.1) is 0 Å². The quantitative estimate of drug-likeness (QED) is 0.367. The maximum atomic E-state index is 12.6. The van der Waals surface area contributed by atoms with E-state index in [1.165, 1.54) is 18.2 Å². The highest BCUT2D eigenvalue weighted by Gasteiger charge is 2.30. The number of aromatic carboxylic acids is 1. The summed E-state index contributed by atoms with van der Waals surface area (Å²) >= 11 is 0. The van der Waals surface area contributed by atoms with Gasteiger partial charge in [-0.15, -0.1) is 0 Å². The van der Waals surface area contributed by atoms with Crippen LogP contribution >= 0.6 is 0 Å². The van der Waals surface area contributed by atoms with Crippen molar-refractivity contribution in [3.63, 3.8) is 0 Å². The zero-order chi connectivity index (χ0) is 25.2. The van der Waals surface area contributed by atoms with E-state index in [4.69, 9.17) is 9.84 Å². The number of carbonyl (C=O) groups excluding carboxylic acids is 2. The lowest BCUT2D eigenvalue weighted by Gasteiger charge is -2.26. The molecule has 0 fully saturated rings. The first kappa shape index (κ1) is 23.8. The van der Waals surface area contributed by atoms with Crippen LogP contribution in [0.4, 0.5) is 10.5 Å². The van der Waals surface area contributed by atoms with Gasteiger partial charge in [-0.05, 0) is 54.3 Å². The van der Waals surface area contributed by atoms with Crippen LogP contribution in [-0.4, -0.2) is 40.3 Å². The molecule has 0 atom stereocenters. The standard InChI is InChI=1S/C27H26N2O6/c1-27(2,14-24(31)28-16-11-12-23(30)21(13-16)25(32)33)29-26(34)35-15-22-19-9-5-3-7-17(19)18-8-4-6-10-20(18)22/h3-13,22,30H,14-15H2,1-2H3,(H,28,31)(H,29,34)(H,32,33). The van der Waals surface area contributed by atoms with Crippen LogP contribution in [0.5, 0.6) is 5.75 Å². The molecule has 0 radical (unpaired) electrons. The van der Waals surface area contributed by atoms with Gasteiger partial charge in [-0.3, -0.25) is 4.79 Å². The van der Waals surface area contributed by atoms with Crippen molar-refractivity contribution in [2.75, 3.05) is 11.9 Å². The highest BCUT2D eigenvalue weighted by molar-refractivity contribution is 5.96. The van der Waals surface area contributed by atoms with Crippen molar-refractivity contribution in [2.45, 2.75) is 31.7 Å². The van der Waals surface area contributed by atoms with Crippen molar-refractivity contribution in [2.24, 2.45) is 0 Å². The van der Waals surface area contributed by atoms with Crippen molar-refractivity contribution in [3.05, 3.63) is 83.4 Å². The summed E-state index contributed by atoms with van der Waals surface area (Å²) in [5.41, 5.74) is 3.45. The van der Waals surface area contributed by atoms with E-state index in [1.807, 2.05) is 36.4 Å². The fourth-order valence-electron chi connectivity index (χ4n) is 4.35. The average molecular weight is 475 g/mol. The second-order valence-electron chi connectivity index (χ2n) is 9.10. The van der Waals surface area contributed by atoms with Crippen LogP contribution < -0.4 is 10.6 Å². The number of rotatable bonds is 7. The summed E-state index contributed by atoms with van der Waals surface area (Å²) in [7, 11) is 0. The van der Waals surface area contributed by atoms with E-state index in [9.17, 15) is 19.5 Å². The summed E-state index contributed by atoms with van der Waals surface area (Å²) in [6.45, 7) is 3.54. The summed E-state index contributed by atoms with van der Waals surface area (Å²) in [6.07, 6.45) is -0.719. The Hall–Kier alpha value is -4.33. The van der Waals surface area contributed by atoms with E-state index in [1.54, 1.807) is 13.8 Å². The van der Waals surface area contributed by atoms with Crippen molar-refractivity contribution in [1.82, 2.24) is 5.32 Å². The molecular weight excluding hydrogens is 448 g/mol. The number of alkyl carbamates (subject to hydrolysis) is 1. The molecule has 0 saturated carbocycles. The zero-order valence-electron chi connectivity index (χ0n) is 19.4. The van der Waals surface area contributed by atoms with Gasteiger partial charge in [-0.1, -0.05) is 48.5 Å². The van der Waals surface area contributed by atoms with Gasteiger partial charge in [0.1, 0.15) is 17.9 Å². The lowest BCUT2D eigenvalue weighted by Crippen LogP contribution is -2.46. The van der Waals surface area contributed by atoms with Crippen LogP contribution in [-0.2, 0) is 9.53 Å². The van der Waals surface area contributed by atoms with Crippen LogP contribution in [0.25, 0.3) is 11.1 Å². The van der Waals surface area contributed by atoms with E-state index >= 15 is 0 Å². The highest BCUT2D eigenvalue weighted by atomic mass is 16.5. The van der Waals surface area contributed by atoms with Gasteiger partial charge in [-0.2, -0.15) is 0 Å². The van der Waals surface area contributed by atoms with Gasteiger partial charge in [0.15, 0.2) is 0 Å². The first-order valence-electron chi connectivity index (χ1n) is 11.1. The minimum atomic E-state index is -1.31. The molecule has 0 heterocycles. The number of phenols is 1. The van der Waals surface area contributed by atoms with E-state index in [0.29, 0.717) is 0 Å². The molecule has 0 unspecified atom stereocenters. The van der Waals surface area contributed by atoms with Gasteiger partial charge < -0.3 is 25.6 Å². The number of fused-ring (bicyclic) bond motifs is 3. The summed E-state index contributed by atoms with van der Waals surface area (Å²) in [4.78, 5) is 36.3. The minimum Gasteiger partial charge on any atom is -0.507 e. The van der Waals surface area contributed by atoms with Crippen LogP contribution in [0.1, 0.15) is 47.7 Å².